The van der Waals surface area contributed by atoms with Gasteiger partial charge in [0.25, 0.3) is 5.91 Å². The van der Waals surface area contributed by atoms with Gasteiger partial charge in [-0.2, -0.15) is 0 Å². The molecule has 104 valence electrons. The Morgan fingerprint density at radius 2 is 2.26 bits per heavy atom. The number of benzene rings is 1. The molecule has 0 aliphatic carbocycles. The monoisotopic (exact) mass is 262 g/mol. The van der Waals surface area contributed by atoms with E-state index in [-0.39, 0.29) is 11.9 Å². The summed E-state index contributed by atoms with van der Waals surface area (Å²) in [7, 11) is 0. The molecule has 2 rings (SSSR count). The molecule has 1 aliphatic rings. The first-order chi connectivity index (χ1) is 9.20. The number of para-hydroxylation sites is 1. The first kappa shape index (κ1) is 13.9. The minimum absolute atomic E-state index is 0.0387. The molecule has 1 aromatic carbocycles. The highest BCUT2D eigenvalue weighted by Crippen LogP contribution is 2.18. The van der Waals surface area contributed by atoms with Crippen molar-refractivity contribution in [3.05, 3.63) is 29.8 Å². The van der Waals surface area contributed by atoms with E-state index in [0.29, 0.717) is 24.0 Å². The Morgan fingerprint density at radius 3 is 3.00 bits per heavy atom. The van der Waals surface area contributed by atoms with Crippen LogP contribution in [0.3, 0.4) is 0 Å². The Balaban J connectivity index is 2.03. The fourth-order valence-electron chi connectivity index (χ4n) is 2.46. The average molecular weight is 262 g/mol. The molecule has 0 bridgehead atoms. The molecule has 1 saturated heterocycles. The molecule has 2 atom stereocenters. The quantitative estimate of drug-likeness (QED) is 0.872. The molecule has 0 radical (unpaired) electrons. The lowest BCUT2D eigenvalue weighted by atomic mass is 10.00. The second kappa shape index (κ2) is 6.57. The normalized spacial score (nSPS) is 22.8. The average Bonchev–Trinajstić information content (AvgIpc) is 2.39. The van der Waals surface area contributed by atoms with Crippen LogP contribution < -0.4 is 15.4 Å². The van der Waals surface area contributed by atoms with Crippen LogP contribution in [0.1, 0.15) is 37.0 Å². The molecule has 0 aromatic heterocycles. The number of rotatable bonds is 4. The molecule has 2 unspecified atom stereocenters. The minimum Gasteiger partial charge on any atom is -0.493 e. The molecule has 1 fully saturated rings. The van der Waals surface area contributed by atoms with Crippen molar-refractivity contribution in [1.29, 1.82) is 0 Å². The number of carbonyl (C=O) groups excluding carboxylic acids is 1. The first-order valence-corrected chi connectivity index (χ1v) is 6.96. The van der Waals surface area contributed by atoms with Crippen molar-refractivity contribution >= 4 is 5.91 Å². The lowest BCUT2D eigenvalue weighted by molar-refractivity contribution is 0.0922. The zero-order chi connectivity index (χ0) is 13.7. The van der Waals surface area contributed by atoms with Gasteiger partial charge in [-0.1, -0.05) is 12.1 Å². The first-order valence-electron chi connectivity index (χ1n) is 6.96. The van der Waals surface area contributed by atoms with Crippen molar-refractivity contribution in [3.8, 4) is 5.75 Å². The summed E-state index contributed by atoms with van der Waals surface area (Å²) >= 11 is 0. The predicted octanol–water partition coefficient (Wildman–Crippen LogP) is 1.96. The lowest BCUT2D eigenvalue weighted by Crippen LogP contribution is -2.46. The minimum atomic E-state index is -0.0387. The van der Waals surface area contributed by atoms with Crippen LogP contribution >= 0.6 is 0 Å². The number of ether oxygens (including phenoxy) is 1. The summed E-state index contributed by atoms with van der Waals surface area (Å²) in [5.74, 6) is 0.618. The summed E-state index contributed by atoms with van der Waals surface area (Å²) in [6, 6.07) is 8.10. The smallest absolute Gasteiger partial charge is 0.255 e. The van der Waals surface area contributed by atoms with Gasteiger partial charge in [-0.3, -0.25) is 4.79 Å². The molecule has 0 spiro atoms. The van der Waals surface area contributed by atoms with E-state index >= 15 is 0 Å². The van der Waals surface area contributed by atoms with Crippen molar-refractivity contribution in [2.75, 3.05) is 13.2 Å². The molecule has 1 aromatic rings. The number of hydrogen-bond donors (Lipinski definition) is 2. The maximum atomic E-state index is 12.3. The van der Waals surface area contributed by atoms with Gasteiger partial charge in [-0.05, 0) is 45.4 Å². The third-order valence-corrected chi connectivity index (χ3v) is 3.39. The van der Waals surface area contributed by atoms with Gasteiger partial charge >= 0.3 is 0 Å². The van der Waals surface area contributed by atoms with Crippen molar-refractivity contribution in [1.82, 2.24) is 10.6 Å². The summed E-state index contributed by atoms with van der Waals surface area (Å²) in [6.07, 6.45) is 1.95. The zero-order valence-electron chi connectivity index (χ0n) is 11.6. The Morgan fingerprint density at radius 1 is 1.47 bits per heavy atom. The Kier molecular flexibility index (Phi) is 4.80. The van der Waals surface area contributed by atoms with Crippen LogP contribution in [0.25, 0.3) is 0 Å². The van der Waals surface area contributed by atoms with Crippen molar-refractivity contribution < 1.29 is 9.53 Å². The van der Waals surface area contributed by atoms with Crippen LogP contribution in [-0.4, -0.2) is 31.1 Å². The van der Waals surface area contributed by atoms with E-state index in [9.17, 15) is 4.79 Å². The highest BCUT2D eigenvalue weighted by Gasteiger charge is 2.21. The predicted molar refractivity (Wildman–Crippen MR) is 75.6 cm³/mol. The zero-order valence-corrected chi connectivity index (χ0v) is 11.6. The summed E-state index contributed by atoms with van der Waals surface area (Å²) < 4.78 is 5.50. The summed E-state index contributed by atoms with van der Waals surface area (Å²) in [5.41, 5.74) is 0.621. The van der Waals surface area contributed by atoms with Crippen LogP contribution in [0.5, 0.6) is 5.75 Å². The van der Waals surface area contributed by atoms with E-state index in [1.54, 1.807) is 0 Å². The molecule has 1 heterocycles. The topological polar surface area (TPSA) is 50.4 Å². The molecular formula is C15H22N2O2. The molecule has 1 amide bonds. The van der Waals surface area contributed by atoms with Crippen LogP contribution in [0, 0.1) is 0 Å². The van der Waals surface area contributed by atoms with E-state index < -0.39 is 0 Å². The second-order valence-electron chi connectivity index (χ2n) is 4.98. The van der Waals surface area contributed by atoms with E-state index in [1.165, 1.54) is 0 Å². The number of piperidine rings is 1. The van der Waals surface area contributed by atoms with E-state index in [2.05, 4.69) is 17.6 Å². The highest BCUT2D eigenvalue weighted by atomic mass is 16.5. The number of nitrogens with one attached hydrogen (secondary N) is 2. The Bertz CT molecular complexity index is 434. The summed E-state index contributed by atoms with van der Waals surface area (Å²) in [6.45, 7) is 5.59. The molecular weight excluding hydrogens is 240 g/mol. The van der Waals surface area contributed by atoms with Gasteiger partial charge in [-0.25, -0.2) is 0 Å². The van der Waals surface area contributed by atoms with E-state index in [0.717, 1.165) is 19.4 Å². The maximum absolute atomic E-state index is 12.3. The Labute approximate surface area is 114 Å². The van der Waals surface area contributed by atoms with Crippen LogP contribution in [0.15, 0.2) is 24.3 Å². The van der Waals surface area contributed by atoms with E-state index in [1.807, 2.05) is 31.2 Å². The van der Waals surface area contributed by atoms with E-state index in [4.69, 9.17) is 4.74 Å². The van der Waals surface area contributed by atoms with Crippen LogP contribution in [0.2, 0.25) is 0 Å². The van der Waals surface area contributed by atoms with Gasteiger partial charge in [0.1, 0.15) is 5.75 Å². The highest BCUT2D eigenvalue weighted by molar-refractivity contribution is 5.97. The van der Waals surface area contributed by atoms with Gasteiger partial charge in [0.05, 0.1) is 12.2 Å². The largest absolute Gasteiger partial charge is 0.493 e. The number of amides is 1. The molecule has 19 heavy (non-hydrogen) atoms. The number of hydrogen-bond acceptors (Lipinski definition) is 3. The molecule has 0 saturated carbocycles. The van der Waals surface area contributed by atoms with Crippen molar-refractivity contribution in [2.45, 2.75) is 38.8 Å². The third kappa shape index (κ3) is 3.70. The molecule has 1 aliphatic heterocycles. The SMILES string of the molecule is CCOc1ccccc1C(=O)NC1CCNC(C)C1. The van der Waals surface area contributed by atoms with Gasteiger partial charge in [0.15, 0.2) is 0 Å². The van der Waals surface area contributed by atoms with Gasteiger partial charge in [0, 0.05) is 12.1 Å². The van der Waals surface area contributed by atoms with Crippen molar-refractivity contribution in [3.63, 3.8) is 0 Å². The van der Waals surface area contributed by atoms with Gasteiger partial charge < -0.3 is 15.4 Å². The summed E-state index contributed by atoms with van der Waals surface area (Å²) in [4.78, 5) is 12.3. The third-order valence-electron chi connectivity index (χ3n) is 3.39. The summed E-state index contributed by atoms with van der Waals surface area (Å²) in [5, 5.41) is 6.49. The standard InChI is InChI=1S/C15H22N2O2/c1-3-19-14-7-5-4-6-13(14)15(18)17-12-8-9-16-11(2)10-12/h4-7,11-12,16H,3,8-10H2,1-2H3,(H,17,18). The molecule has 4 nitrogen and oxygen atoms in total. The van der Waals surface area contributed by atoms with Gasteiger partial charge in [0.2, 0.25) is 0 Å². The maximum Gasteiger partial charge on any atom is 0.255 e. The Hall–Kier alpha value is -1.55. The van der Waals surface area contributed by atoms with Crippen LogP contribution in [-0.2, 0) is 0 Å². The number of carbonyl (C=O) groups is 1. The second-order valence-corrected chi connectivity index (χ2v) is 4.98. The van der Waals surface area contributed by atoms with Gasteiger partial charge in [-0.15, -0.1) is 0 Å². The fraction of sp³-hybridized carbons (Fsp3) is 0.533. The lowest BCUT2D eigenvalue weighted by Gasteiger charge is -2.28. The molecule has 4 heteroatoms. The molecule has 2 N–H and O–H groups in total. The van der Waals surface area contributed by atoms with Crippen molar-refractivity contribution in [2.24, 2.45) is 0 Å². The van der Waals surface area contributed by atoms with Crippen LogP contribution in [0.4, 0.5) is 0 Å². The fourth-order valence-corrected chi connectivity index (χ4v) is 2.46.